The van der Waals surface area contributed by atoms with Crippen molar-refractivity contribution in [2.45, 2.75) is 25.4 Å². The molecule has 0 aliphatic carbocycles. The third-order valence-corrected chi connectivity index (χ3v) is 2.96. The zero-order chi connectivity index (χ0) is 10.2. The standard InChI is InChI=1S/C11H17N3/c1-9(12)14-7-11(2,8-14)10-5-3-4-6-13-10/h3-6,9H,7-8,12H2,1-2H3. The number of rotatable bonds is 2. The highest BCUT2D eigenvalue weighted by molar-refractivity contribution is 5.21. The molecule has 1 aliphatic rings. The zero-order valence-electron chi connectivity index (χ0n) is 8.77. The van der Waals surface area contributed by atoms with Gasteiger partial charge in [-0.3, -0.25) is 9.88 Å². The van der Waals surface area contributed by atoms with Crippen molar-refractivity contribution < 1.29 is 0 Å². The van der Waals surface area contributed by atoms with Gasteiger partial charge in [-0.05, 0) is 19.1 Å². The molecule has 3 nitrogen and oxygen atoms in total. The molecule has 0 radical (unpaired) electrons. The first-order valence-corrected chi connectivity index (χ1v) is 5.03. The Morgan fingerprint density at radius 3 is 2.71 bits per heavy atom. The average molecular weight is 191 g/mol. The summed E-state index contributed by atoms with van der Waals surface area (Å²) in [4.78, 5) is 6.66. The molecule has 14 heavy (non-hydrogen) atoms. The van der Waals surface area contributed by atoms with Gasteiger partial charge in [0.15, 0.2) is 0 Å². The predicted octanol–water partition coefficient (Wildman–Crippen LogP) is 0.960. The smallest absolute Gasteiger partial charge is 0.0543 e. The van der Waals surface area contributed by atoms with Crippen LogP contribution in [0.25, 0.3) is 0 Å². The van der Waals surface area contributed by atoms with E-state index in [4.69, 9.17) is 5.73 Å². The minimum Gasteiger partial charge on any atom is -0.316 e. The van der Waals surface area contributed by atoms with Crippen molar-refractivity contribution in [3.05, 3.63) is 30.1 Å². The number of nitrogens with zero attached hydrogens (tertiary/aromatic N) is 2. The van der Waals surface area contributed by atoms with Crippen LogP contribution in [0.15, 0.2) is 24.4 Å². The number of nitrogens with two attached hydrogens (primary N) is 1. The van der Waals surface area contributed by atoms with Crippen LogP contribution in [0.1, 0.15) is 19.5 Å². The SMILES string of the molecule is CC(N)N1CC(C)(c2ccccn2)C1. The summed E-state index contributed by atoms with van der Waals surface area (Å²) < 4.78 is 0. The molecule has 0 bridgehead atoms. The highest BCUT2D eigenvalue weighted by Gasteiger charge is 2.42. The van der Waals surface area contributed by atoms with E-state index in [9.17, 15) is 0 Å². The van der Waals surface area contributed by atoms with Gasteiger partial charge >= 0.3 is 0 Å². The van der Waals surface area contributed by atoms with Gasteiger partial charge in [0.25, 0.3) is 0 Å². The summed E-state index contributed by atoms with van der Waals surface area (Å²) in [7, 11) is 0. The lowest BCUT2D eigenvalue weighted by molar-refractivity contribution is 0.0409. The first-order valence-electron chi connectivity index (χ1n) is 5.03. The number of pyridine rings is 1. The molecule has 1 fully saturated rings. The van der Waals surface area contributed by atoms with E-state index in [0.717, 1.165) is 13.1 Å². The quantitative estimate of drug-likeness (QED) is 0.757. The maximum atomic E-state index is 5.80. The van der Waals surface area contributed by atoms with Gasteiger partial charge in [0, 0.05) is 30.4 Å². The summed E-state index contributed by atoms with van der Waals surface area (Å²) in [6.45, 7) is 6.30. The number of likely N-dealkylation sites (tertiary alicyclic amines) is 1. The number of hydrogen-bond acceptors (Lipinski definition) is 3. The van der Waals surface area contributed by atoms with E-state index in [1.54, 1.807) is 0 Å². The third-order valence-electron chi connectivity index (χ3n) is 2.96. The molecule has 2 rings (SSSR count). The number of hydrogen-bond donors (Lipinski definition) is 1. The van der Waals surface area contributed by atoms with Gasteiger partial charge in [-0.25, -0.2) is 0 Å². The van der Waals surface area contributed by atoms with Crippen LogP contribution in [0.4, 0.5) is 0 Å². The molecule has 1 aromatic rings. The Kier molecular flexibility index (Phi) is 2.29. The van der Waals surface area contributed by atoms with Crippen LogP contribution in [-0.4, -0.2) is 29.1 Å². The fourth-order valence-corrected chi connectivity index (χ4v) is 2.02. The molecule has 1 atom stereocenters. The maximum Gasteiger partial charge on any atom is 0.0543 e. The topological polar surface area (TPSA) is 42.1 Å². The lowest BCUT2D eigenvalue weighted by Gasteiger charge is -2.49. The van der Waals surface area contributed by atoms with Crippen LogP contribution in [0, 0.1) is 0 Å². The summed E-state index contributed by atoms with van der Waals surface area (Å²) in [5.41, 5.74) is 7.18. The third kappa shape index (κ3) is 1.53. The molecule has 3 heteroatoms. The highest BCUT2D eigenvalue weighted by Crippen LogP contribution is 2.32. The second-order valence-electron chi connectivity index (χ2n) is 4.42. The average Bonchev–Trinajstić information content (AvgIpc) is 2.14. The van der Waals surface area contributed by atoms with Crippen molar-refractivity contribution in [3.63, 3.8) is 0 Å². The number of aromatic nitrogens is 1. The van der Waals surface area contributed by atoms with Crippen LogP contribution < -0.4 is 5.73 Å². The molecule has 0 aromatic carbocycles. The van der Waals surface area contributed by atoms with E-state index >= 15 is 0 Å². The Hall–Kier alpha value is -0.930. The van der Waals surface area contributed by atoms with Gasteiger partial charge < -0.3 is 5.73 Å². The molecule has 1 aliphatic heterocycles. The second-order valence-corrected chi connectivity index (χ2v) is 4.42. The molecule has 2 N–H and O–H groups in total. The van der Waals surface area contributed by atoms with Gasteiger partial charge in [-0.15, -0.1) is 0 Å². The Balaban J connectivity index is 2.08. The molecule has 76 valence electrons. The fourth-order valence-electron chi connectivity index (χ4n) is 2.02. The van der Waals surface area contributed by atoms with Gasteiger partial charge in [0.05, 0.1) is 6.17 Å². The van der Waals surface area contributed by atoms with Crippen molar-refractivity contribution in [2.75, 3.05) is 13.1 Å². The van der Waals surface area contributed by atoms with Gasteiger partial charge in [-0.2, -0.15) is 0 Å². The lowest BCUT2D eigenvalue weighted by Crippen LogP contribution is -2.62. The maximum absolute atomic E-state index is 5.80. The van der Waals surface area contributed by atoms with Gasteiger partial charge in [-0.1, -0.05) is 13.0 Å². The molecular formula is C11H17N3. The monoisotopic (exact) mass is 191 g/mol. The normalized spacial score (nSPS) is 22.8. The molecule has 1 aromatic heterocycles. The predicted molar refractivity (Wildman–Crippen MR) is 56.8 cm³/mol. The Morgan fingerprint density at radius 1 is 1.50 bits per heavy atom. The van der Waals surface area contributed by atoms with Crippen molar-refractivity contribution in [1.29, 1.82) is 0 Å². The van der Waals surface area contributed by atoms with E-state index < -0.39 is 0 Å². The minimum atomic E-state index is 0.159. The van der Waals surface area contributed by atoms with Crippen molar-refractivity contribution in [3.8, 4) is 0 Å². The van der Waals surface area contributed by atoms with E-state index in [2.05, 4.69) is 22.9 Å². The van der Waals surface area contributed by atoms with Crippen LogP contribution in [0.5, 0.6) is 0 Å². The molecule has 0 spiro atoms. The first-order chi connectivity index (χ1) is 6.62. The van der Waals surface area contributed by atoms with Crippen molar-refractivity contribution >= 4 is 0 Å². The molecule has 1 unspecified atom stereocenters. The van der Waals surface area contributed by atoms with E-state index in [0.29, 0.717) is 0 Å². The van der Waals surface area contributed by atoms with Gasteiger partial charge in [0.1, 0.15) is 0 Å². The molecule has 1 saturated heterocycles. The van der Waals surface area contributed by atoms with Crippen LogP contribution in [0.2, 0.25) is 0 Å². The van der Waals surface area contributed by atoms with Crippen LogP contribution >= 0.6 is 0 Å². The van der Waals surface area contributed by atoms with Crippen LogP contribution in [-0.2, 0) is 5.41 Å². The summed E-state index contributed by atoms with van der Waals surface area (Å²) in [6.07, 6.45) is 2.02. The molecular weight excluding hydrogens is 174 g/mol. The molecule has 0 saturated carbocycles. The second kappa shape index (κ2) is 3.33. The summed E-state index contributed by atoms with van der Waals surface area (Å²) in [6, 6.07) is 6.09. The largest absolute Gasteiger partial charge is 0.316 e. The van der Waals surface area contributed by atoms with Crippen molar-refractivity contribution in [2.24, 2.45) is 5.73 Å². The Morgan fingerprint density at radius 2 is 2.21 bits per heavy atom. The summed E-state index contributed by atoms with van der Waals surface area (Å²) >= 11 is 0. The van der Waals surface area contributed by atoms with E-state index in [1.807, 2.05) is 25.3 Å². The first kappa shape index (κ1) is 9.62. The van der Waals surface area contributed by atoms with E-state index in [1.165, 1.54) is 5.69 Å². The van der Waals surface area contributed by atoms with Crippen molar-refractivity contribution in [1.82, 2.24) is 9.88 Å². The summed E-state index contributed by atoms with van der Waals surface area (Å²) in [5, 5.41) is 0. The highest BCUT2D eigenvalue weighted by atomic mass is 15.3. The molecule has 2 heterocycles. The fraction of sp³-hybridized carbons (Fsp3) is 0.545. The summed E-state index contributed by atoms with van der Waals surface area (Å²) in [5.74, 6) is 0. The Bertz CT molecular complexity index is 302. The molecule has 0 amide bonds. The zero-order valence-corrected chi connectivity index (χ0v) is 8.77. The van der Waals surface area contributed by atoms with E-state index in [-0.39, 0.29) is 11.6 Å². The Labute approximate surface area is 84.9 Å². The minimum absolute atomic E-state index is 0.159. The lowest BCUT2D eigenvalue weighted by atomic mass is 9.78. The van der Waals surface area contributed by atoms with Crippen LogP contribution in [0.3, 0.4) is 0 Å². The van der Waals surface area contributed by atoms with Gasteiger partial charge in [0.2, 0.25) is 0 Å².